The van der Waals surface area contributed by atoms with E-state index in [9.17, 15) is 9.18 Å². The zero-order chi connectivity index (χ0) is 16.0. The number of carbonyl (C=O) groups excluding carboxylic acids is 1. The molecule has 1 unspecified atom stereocenters. The molecule has 118 valence electrons. The first-order chi connectivity index (χ1) is 9.88. The predicted octanol–water partition coefficient (Wildman–Crippen LogP) is 2.56. The van der Waals surface area contributed by atoms with E-state index in [4.69, 9.17) is 10.5 Å². The largest absolute Gasteiger partial charge is 0.494 e. The van der Waals surface area contributed by atoms with Crippen molar-refractivity contribution in [3.05, 3.63) is 29.6 Å². The van der Waals surface area contributed by atoms with Gasteiger partial charge in [-0.2, -0.15) is 0 Å². The quantitative estimate of drug-likeness (QED) is 0.841. The number of methoxy groups -OCH3 is 1. The van der Waals surface area contributed by atoms with Gasteiger partial charge in [0.15, 0.2) is 11.6 Å². The van der Waals surface area contributed by atoms with Crippen molar-refractivity contribution in [3.63, 3.8) is 0 Å². The lowest BCUT2D eigenvalue weighted by Gasteiger charge is -2.24. The van der Waals surface area contributed by atoms with Gasteiger partial charge in [-0.15, -0.1) is 0 Å². The van der Waals surface area contributed by atoms with Crippen molar-refractivity contribution >= 4 is 5.91 Å². The Labute approximate surface area is 126 Å². The number of hydrogen-bond donors (Lipinski definition) is 1. The van der Waals surface area contributed by atoms with Crippen LogP contribution in [-0.2, 0) is 11.3 Å². The minimum atomic E-state index is -0.419. The molecule has 1 aromatic carbocycles. The van der Waals surface area contributed by atoms with Gasteiger partial charge in [0.25, 0.3) is 0 Å². The third kappa shape index (κ3) is 5.01. The van der Waals surface area contributed by atoms with Crippen molar-refractivity contribution in [2.75, 3.05) is 13.7 Å². The summed E-state index contributed by atoms with van der Waals surface area (Å²) in [4.78, 5) is 13.9. The van der Waals surface area contributed by atoms with Crippen LogP contribution in [0.15, 0.2) is 18.2 Å². The van der Waals surface area contributed by atoms with Crippen LogP contribution in [0.3, 0.4) is 0 Å². The molecule has 0 spiro atoms. The van der Waals surface area contributed by atoms with Crippen LogP contribution >= 0.6 is 0 Å². The molecule has 0 saturated heterocycles. The fraction of sp³-hybridized carbons (Fsp3) is 0.562. The number of nitrogens with two attached hydrogens (primary N) is 1. The lowest BCUT2D eigenvalue weighted by molar-refractivity contribution is -0.132. The van der Waals surface area contributed by atoms with Gasteiger partial charge < -0.3 is 15.4 Å². The van der Waals surface area contributed by atoms with Crippen molar-refractivity contribution in [2.24, 2.45) is 11.7 Å². The molecule has 1 rings (SSSR count). The summed E-state index contributed by atoms with van der Waals surface area (Å²) in [6, 6.07) is 4.58. The zero-order valence-corrected chi connectivity index (χ0v) is 13.2. The Morgan fingerprint density at radius 1 is 1.43 bits per heavy atom. The van der Waals surface area contributed by atoms with Crippen LogP contribution < -0.4 is 10.5 Å². The Hall–Kier alpha value is -1.62. The molecule has 1 amide bonds. The number of amides is 1. The van der Waals surface area contributed by atoms with Gasteiger partial charge in [0, 0.05) is 25.6 Å². The van der Waals surface area contributed by atoms with Crippen molar-refractivity contribution < 1.29 is 13.9 Å². The molecule has 5 heteroatoms. The molecule has 0 radical (unpaired) electrons. The molecule has 0 aliphatic heterocycles. The van der Waals surface area contributed by atoms with Gasteiger partial charge in [-0.1, -0.05) is 19.9 Å². The van der Waals surface area contributed by atoms with E-state index in [1.54, 1.807) is 17.0 Å². The molecular formula is C16H25FN2O2. The fourth-order valence-electron chi connectivity index (χ4n) is 1.97. The van der Waals surface area contributed by atoms with Crippen molar-refractivity contribution in [3.8, 4) is 5.75 Å². The Bertz CT molecular complexity index is 477. The average molecular weight is 296 g/mol. The molecule has 21 heavy (non-hydrogen) atoms. The smallest absolute Gasteiger partial charge is 0.224 e. The van der Waals surface area contributed by atoms with Gasteiger partial charge in [0.05, 0.1) is 7.11 Å². The maximum Gasteiger partial charge on any atom is 0.224 e. The second kappa shape index (κ2) is 7.98. The number of hydrogen-bond acceptors (Lipinski definition) is 3. The second-order valence-corrected chi connectivity index (χ2v) is 5.49. The third-order valence-corrected chi connectivity index (χ3v) is 3.59. The maximum absolute atomic E-state index is 13.7. The van der Waals surface area contributed by atoms with Gasteiger partial charge >= 0.3 is 0 Å². The summed E-state index contributed by atoms with van der Waals surface area (Å²) in [6.07, 6.45) is 0.310. The van der Waals surface area contributed by atoms with Gasteiger partial charge in [-0.25, -0.2) is 4.39 Å². The molecule has 0 saturated carbocycles. The van der Waals surface area contributed by atoms with E-state index >= 15 is 0 Å². The van der Waals surface area contributed by atoms with Crippen molar-refractivity contribution in [2.45, 2.75) is 39.8 Å². The van der Waals surface area contributed by atoms with Gasteiger partial charge in [-0.05, 0) is 30.5 Å². The highest BCUT2D eigenvalue weighted by atomic mass is 19.1. The highest BCUT2D eigenvalue weighted by Crippen LogP contribution is 2.19. The van der Waals surface area contributed by atoms with E-state index in [1.807, 2.05) is 20.8 Å². The average Bonchev–Trinajstić information content (AvgIpc) is 2.44. The minimum absolute atomic E-state index is 0.00470. The number of ether oxygens (including phenoxy) is 1. The Morgan fingerprint density at radius 3 is 2.57 bits per heavy atom. The van der Waals surface area contributed by atoms with Crippen molar-refractivity contribution in [1.82, 2.24) is 4.90 Å². The second-order valence-electron chi connectivity index (χ2n) is 5.49. The van der Waals surface area contributed by atoms with Crippen LogP contribution in [0.5, 0.6) is 5.75 Å². The summed E-state index contributed by atoms with van der Waals surface area (Å²) in [5, 5.41) is 0. The lowest BCUT2D eigenvalue weighted by atomic mass is 10.0. The van der Waals surface area contributed by atoms with Crippen LogP contribution in [0.4, 0.5) is 4.39 Å². The fourth-order valence-corrected chi connectivity index (χ4v) is 1.97. The van der Waals surface area contributed by atoms with E-state index in [0.717, 1.165) is 5.56 Å². The molecule has 0 aliphatic rings. The molecule has 1 atom stereocenters. The molecule has 1 aromatic rings. The Morgan fingerprint density at radius 2 is 2.10 bits per heavy atom. The first-order valence-corrected chi connectivity index (χ1v) is 7.24. The highest BCUT2D eigenvalue weighted by Gasteiger charge is 2.18. The Balaban J connectivity index is 2.73. The third-order valence-electron chi connectivity index (χ3n) is 3.59. The molecule has 2 N–H and O–H groups in total. The van der Waals surface area contributed by atoms with Gasteiger partial charge in [0.2, 0.25) is 5.91 Å². The van der Waals surface area contributed by atoms with Crippen LogP contribution in [0, 0.1) is 11.7 Å². The number of nitrogens with zero attached hydrogens (tertiary/aromatic N) is 1. The van der Waals surface area contributed by atoms with Crippen LogP contribution in [0.1, 0.15) is 32.8 Å². The van der Waals surface area contributed by atoms with Gasteiger partial charge in [0.1, 0.15) is 0 Å². The SMILES string of the molecule is CCN(Cc1ccc(OC)c(F)c1)C(=O)CC(N)C(C)C. The molecule has 4 nitrogen and oxygen atoms in total. The summed E-state index contributed by atoms with van der Waals surface area (Å²) < 4.78 is 18.6. The van der Waals surface area contributed by atoms with Crippen LogP contribution in [0.2, 0.25) is 0 Å². The summed E-state index contributed by atoms with van der Waals surface area (Å²) in [6.45, 7) is 6.83. The van der Waals surface area contributed by atoms with E-state index in [2.05, 4.69) is 0 Å². The summed E-state index contributed by atoms with van der Waals surface area (Å²) in [5.41, 5.74) is 6.68. The zero-order valence-electron chi connectivity index (χ0n) is 13.2. The van der Waals surface area contributed by atoms with E-state index < -0.39 is 5.82 Å². The number of carbonyl (C=O) groups is 1. The number of rotatable bonds is 7. The highest BCUT2D eigenvalue weighted by molar-refractivity contribution is 5.76. The molecular weight excluding hydrogens is 271 g/mol. The monoisotopic (exact) mass is 296 g/mol. The molecule has 0 aromatic heterocycles. The summed E-state index contributed by atoms with van der Waals surface area (Å²) in [7, 11) is 1.42. The summed E-state index contributed by atoms with van der Waals surface area (Å²) in [5.74, 6) is 0.0355. The first kappa shape index (κ1) is 17.4. The van der Waals surface area contributed by atoms with Crippen LogP contribution in [-0.4, -0.2) is 30.5 Å². The maximum atomic E-state index is 13.7. The molecule has 0 fully saturated rings. The molecule has 0 bridgehead atoms. The summed E-state index contributed by atoms with van der Waals surface area (Å²) >= 11 is 0. The van der Waals surface area contributed by atoms with E-state index in [-0.39, 0.29) is 23.6 Å². The first-order valence-electron chi connectivity index (χ1n) is 7.24. The topological polar surface area (TPSA) is 55.6 Å². The predicted molar refractivity (Wildman–Crippen MR) is 81.5 cm³/mol. The Kier molecular flexibility index (Phi) is 6.62. The van der Waals surface area contributed by atoms with Crippen LogP contribution in [0.25, 0.3) is 0 Å². The van der Waals surface area contributed by atoms with Crippen molar-refractivity contribution in [1.29, 1.82) is 0 Å². The number of benzene rings is 1. The van der Waals surface area contributed by atoms with E-state index in [1.165, 1.54) is 13.2 Å². The minimum Gasteiger partial charge on any atom is -0.494 e. The molecule has 0 aliphatic carbocycles. The number of halogens is 1. The van der Waals surface area contributed by atoms with E-state index in [0.29, 0.717) is 19.5 Å². The molecule has 0 heterocycles. The normalized spacial score (nSPS) is 12.3. The lowest BCUT2D eigenvalue weighted by Crippen LogP contribution is -2.37. The standard InChI is InChI=1S/C16H25FN2O2/c1-5-19(16(20)9-14(18)11(2)3)10-12-6-7-15(21-4)13(17)8-12/h6-8,11,14H,5,9-10,18H2,1-4H3. The van der Waals surface area contributed by atoms with Gasteiger partial charge in [-0.3, -0.25) is 4.79 Å².